The second-order valence-corrected chi connectivity index (χ2v) is 4.44. The van der Waals surface area contributed by atoms with Gasteiger partial charge in [0.2, 0.25) is 0 Å². The highest BCUT2D eigenvalue weighted by Gasteiger charge is 2.30. The molecule has 2 N–H and O–H groups in total. The van der Waals surface area contributed by atoms with Gasteiger partial charge < -0.3 is 10.5 Å². The first kappa shape index (κ1) is 15.3. The summed E-state index contributed by atoms with van der Waals surface area (Å²) in [5, 5.41) is 0. The third-order valence-electron chi connectivity index (χ3n) is 2.89. The maximum Gasteiger partial charge on any atom is 0.416 e. The van der Waals surface area contributed by atoms with Gasteiger partial charge in [0, 0.05) is 12.1 Å². The molecule has 0 spiro atoms. The van der Waals surface area contributed by atoms with Gasteiger partial charge in [-0.3, -0.25) is 0 Å². The fraction of sp³-hybridized carbons (Fsp3) is 0.200. The van der Waals surface area contributed by atoms with Gasteiger partial charge in [0.25, 0.3) is 0 Å². The smallest absolute Gasteiger partial charge is 0.416 e. The molecule has 2 rings (SSSR count). The number of benzene rings is 2. The third kappa shape index (κ3) is 3.95. The van der Waals surface area contributed by atoms with Gasteiger partial charge in [0.15, 0.2) is 0 Å². The van der Waals surface area contributed by atoms with Gasteiger partial charge in [-0.1, -0.05) is 12.1 Å². The van der Waals surface area contributed by atoms with Gasteiger partial charge in [0.05, 0.1) is 5.56 Å². The second kappa shape index (κ2) is 6.13. The Labute approximate surface area is 119 Å². The fourth-order valence-corrected chi connectivity index (χ4v) is 1.85. The first-order valence-corrected chi connectivity index (χ1v) is 6.17. The minimum atomic E-state index is -4.39. The van der Waals surface area contributed by atoms with Gasteiger partial charge in [-0.2, -0.15) is 13.2 Å². The van der Waals surface area contributed by atoms with E-state index in [4.69, 9.17) is 10.5 Å². The van der Waals surface area contributed by atoms with Crippen molar-refractivity contribution in [2.45, 2.75) is 19.3 Å². The quantitative estimate of drug-likeness (QED) is 0.870. The van der Waals surface area contributed by atoms with E-state index in [1.54, 1.807) is 0 Å². The average molecular weight is 299 g/mol. The standard InChI is InChI=1S/C15H13F4NO/c16-13-4-5-14(11(7-13)8-20)21-9-10-2-1-3-12(6-10)15(17,18)19/h1-7H,8-9,20H2. The van der Waals surface area contributed by atoms with Crippen molar-refractivity contribution < 1.29 is 22.3 Å². The van der Waals surface area contributed by atoms with Crippen LogP contribution < -0.4 is 10.5 Å². The minimum absolute atomic E-state index is 0.0530. The monoisotopic (exact) mass is 299 g/mol. The lowest BCUT2D eigenvalue weighted by atomic mass is 10.1. The molecule has 112 valence electrons. The highest BCUT2D eigenvalue weighted by Crippen LogP contribution is 2.30. The van der Waals surface area contributed by atoms with E-state index < -0.39 is 17.6 Å². The summed E-state index contributed by atoms with van der Waals surface area (Å²) in [5.74, 6) is -0.0850. The molecule has 0 aliphatic heterocycles. The Morgan fingerprint density at radius 1 is 1.05 bits per heavy atom. The maximum atomic E-state index is 13.0. The van der Waals surface area contributed by atoms with Crippen molar-refractivity contribution in [3.8, 4) is 5.75 Å². The van der Waals surface area contributed by atoms with E-state index in [0.717, 1.165) is 12.1 Å². The Balaban J connectivity index is 2.13. The van der Waals surface area contributed by atoms with Crippen LogP contribution in [0.25, 0.3) is 0 Å². The van der Waals surface area contributed by atoms with Crippen molar-refractivity contribution in [1.82, 2.24) is 0 Å². The molecule has 0 heterocycles. The van der Waals surface area contributed by atoms with Crippen LogP contribution in [0.5, 0.6) is 5.75 Å². The maximum absolute atomic E-state index is 13.0. The molecule has 2 nitrogen and oxygen atoms in total. The number of alkyl halides is 3. The van der Waals surface area contributed by atoms with Crippen LogP contribution in [-0.2, 0) is 19.3 Å². The van der Waals surface area contributed by atoms with E-state index in [1.165, 1.54) is 30.3 Å². The molecule has 0 bridgehead atoms. The summed E-state index contributed by atoms with van der Waals surface area (Å²) in [5.41, 5.74) is 5.57. The van der Waals surface area contributed by atoms with Gasteiger partial charge in [-0.25, -0.2) is 4.39 Å². The zero-order chi connectivity index (χ0) is 15.5. The average Bonchev–Trinajstić information content (AvgIpc) is 2.45. The lowest BCUT2D eigenvalue weighted by molar-refractivity contribution is -0.137. The summed E-state index contributed by atoms with van der Waals surface area (Å²) in [6.07, 6.45) is -4.39. The Hall–Kier alpha value is -2.08. The molecule has 0 unspecified atom stereocenters. The second-order valence-electron chi connectivity index (χ2n) is 4.44. The van der Waals surface area contributed by atoms with Crippen molar-refractivity contribution >= 4 is 0 Å². The molecule has 0 fully saturated rings. The molecule has 0 amide bonds. The SMILES string of the molecule is NCc1cc(F)ccc1OCc1cccc(C(F)(F)F)c1. The molecule has 2 aromatic rings. The van der Waals surface area contributed by atoms with Crippen molar-refractivity contribution in [2.75, 3.05) is 0 Å². The van der Waals surface area contributed by atoms with Gasteiger partial charge in [-0.15, -0.1) is 0 Å². The van der Waals surface area contributed by atoms with Gasteiger partial charge in [0.1, 0.15) is 18.2 Å². The van der Waals surface area contributed by atoms with Gasteiger partial charge in [-0.05, 0) is 35.9 Å². The van der Waals surface area contributed by atoms with E-state index in [0.29, 0.717) is 16.9 Å². The summed E-state index contributed by atoms with van der Waals surface area (Å²) in [6, 6.07) is 8.71. The van der Waals surface area contributed by atoms with Crippen LogP contribution in [0.3, 0.4) is 0 Å². The molecule has 0 aromatic heterocycles. The number of hydrogen-bond acceptors (Lipinski definition) is 2. The van der Waals surface area contributed by atoms with Crippen LogP contribution in [0, 0.1) is 5.82 Å². The zero-order valence-corrected chi connectivity index (χ0v) is 11.0. The molecule has 0 aliphatic rings. The lowest BCUT2D eigenvalue weighted by Crippen LogP contribution is -2.07. The van der Waals surface area contributed by atoms with Crippen LogP contribution >= 0.6 is 0 Å². The van der Waals surface area contributed by atoms with Crippen LogP contribution in [-0.4, -0.2) is 0 Å². The topological polar surface area (TPSA) is 35.2 Å². The number of hydrogen-bond donors (Lipinski definition) is 1. The summed E-state index contributed by atoms with van der Waals surface area (Å²) in [6.45, 7) is 0.0260. The lowest BCUT2D eigenvalue weighted by Gasteiger charge is -2.12. The summed E-state index contributed by atoms with van der Waals surface area (Å²) < 4.78 is 56.3. The van der Waals surface area contributed by atoms with E-state index in [1.807, 2.05) is 0 Å². The first-order chi connectivity index (χ1) is 9.90. The first-order valence-electron chi connectivity index (χ1n) is 6.17. The van der Waals surface area contributed by atoms with E-state index in [-0.39, 0.29) is 13.2 Å². The van der Waals surface area contributed by atoms with Crippen LogP contribution in [0.15, 0.2) is 42.5 Å². The van der Waals surface area contributed by atoms with Gasteiger partial charge >= 0.3 is 6.18 Å². The molecule has 2 aromatic carbocycles. The molecule has 6 heteroatoms. The summed E-state index contributed by atoms with van der Waals surface area (Å²) in [7, 11) is 0. The Bertz CT molecular complexity index is 625. The highest BCUT2D eigenvalue weighted by molar-refractivity contribution is 5.34. The Morgan fingerprint density at radius 3 is 2.48 bits per heavy atom. The highest BCUT2D eigenvalue weighted by atomic mass is 19.4. The predicted octanol–water partition coefficient (Wildman–Crippen LogP) is 3.88. The Kier molecular flexibility index (Phi) is 4.47. The Morgan fingerprint density at radius 2 is 1.81 bits per heavy atom. The van der Waals surface area contributed by atoms with Crippen molar-refractivity contribution in [1.29, 1.82) is 0 Å². The molecular formula is C15H13F4NO. The minimum Gasteiger partial charge on any atom is -0.489 e. The summed E-state index contributed by atoms with van der Waals surface area (Å²) >= 11 is 0. The third-order valence-corrected chi connectivity index (χ3v) is 2.89. The van der Waals surface area contributed by atoms with Crippen molar-refractivity contribution in [2.24, 2.45) is 5.73 Å². The number of nitrogens with two attached hydrogens (primary N) is 1. The molecule has 0 saturated carbocycles. The number of ether oxygens (including phenoxy) is 1. The van der Waals surface area contributed by atoms with E-state index in [9.17, 15) is 17.6 Å². The molecule has 21 heavy (non-hydrogen) atoms. The number of rotatable bonds is 4. The van der Waals surface area contributed by atoms with E-state index >= 15 is 0 Å². The largest absolute Gasteiger partial charge is 0.489 e. The van der Waals surface area contributed by atoms with Crippen LogP contribution in [0.2, 0.25) is 0 Å². The predicted molar refractivity (Wildman–Crippen MR) is 70.1 cm³/mol. The molecule has 0 radical (unpaired) electrons. The number of halogens is 4. The zero-order valence-electron chi connectivity index (χ0n) is 11.0. The molecular weight excluding hydrogens is 286 g/mol. The van der Waals surface area contributed by atoms with Crippen LogP contribution in [0.4, 0.5) is 17.6 Å². The summed E-state index contributed by atoms with van der Waals surface area (Å²) in [4.78, 5) is 0. The molecule has 0 saturated heterocycles. The van der Waals surface area contributed by atoms with Crippen molar-refractivity contribution in [3.05, 3.63) is 65.0 Å². The molecule has 0 aliphatic carbocycles. The van der Waals surface area contributed by atoms with E-state index in [2.05, 4.69) is 0 Å². The molecule has 0 atom stereocenters. The fourth-order valence-electron chi connectivity index (χ4n) is 1.85. The van der Waals surface area contributed by atoms with Crippen LogP contribution in [0.1, 0.15) is 16.7 Å². The van der Waals surface area contributed by atoms with Crippen molar-refractivity contribution in [3.63, 3.8) is 0 Å². The normalized spacial score (nSPS) is 11.5.